The van der Waals surface area contributed by atoms with E-state index >= 15 is 0 Å². The van der Waals surface area contributed by atoms with Crippen LogP contribution in [0.2, 0.25) is 0 Å². The van der Waals surface area contributed by atoms with Gasteiger partial charge in [0.25, 0.3) is 0 Å². The molecule has 0 fully saturated rings. The molecule has 0 N–H and O–H groups in total. The molecule has 0 radical (unpaired) electrons. The third kappa shape index (κ3) is 3.76. The highest BCUT2D eigenvalue weighted by Gasteiger charge is 2.21. The molecule has 1 aliphatic rings. The van der Waals surface area contributed by atoms with Crippen LogP contribution in [-0.2, 0) is 12.8 Å². The largest absolute Gasteiger partial charge is 0.497 e. The lowest BCUT2D eigenvalue weighted by atomic mass is 10.0. The van der Waals surface area contributed by atoms with Gasteiger partial charge in [0.1, 0.15) is 5.75 Å². The van der Waals surface area contributed by atoms with Crippen LogP contribution in [0.4, 0.5) is 0 Å². The van der Waals surface area contributed by atoms with E-state index in [2.05, 4.69) is 36.9 Å². The first-order valence-corrected chi connectivity index (χ1v) is 8.18. The molecule has 0 spiro atoms. The second-order valence-corrected chi connectivity index (χ2v) is 5.92. The van der Waals surface area contributed by atoms with Crippen LogP contribution in [0.25, 0.3) is 0 Å². The van der Waals surface area contributed by atoms with Gasteiger partial charge in [0, 0.05) is 6.04 Å². The predicted octanol–water partition coefficient (Wildman–Crippen LogP) is 4.06. The molecule has 2 nitrogen and oxygen atoms in total. The van der Waals surface area contributed by atoms with E-state index < -0.39 is 0 Å². The summed E-state index contributed by atoms with van der Waals surface area (Å²) in [6.07, 6.45) is 7.55. The summed E-state index contributed by atoms with van der Waals surface area (Å²) in [7, 11) is 1.76. The minimum absolute atomic E-state index is 0.726. The molecule has 0 aromatic heterocycles. The third-order valence-electron chi connectivity index (χ3n) is 4.39. The first-order valence-electron chi connectivity index (χ1n) is 8.18. The number of fused-ring (bicyclic) bond motifs is 1. The number of methoxy groups -OCH3 is 1. The molecule has 0 heterocycles. The highest BCUT2D eigenvalue weighted by atomic mass is 16.5. The van der Waals surface area contributed by atoms with Crippen molar-refractivity contribution in [2.45, 2.75) is 58.4 Å². The van der Waals surface area contributed by atoms with E-state index in [0.29, 0.717) is 0 Å². The van der Waals surface area contributed by atoms with Crippen LogP contribution in [0, 0.1) is 0 Å². The maximum Gasteiger partial charge on any atom is 0.119 e. The average molecular weight is 275 g/mol. The van der Waals surface area contributed by atoms with Gasteiger partial charge in [-0.1, -0.05) is 19.9 Å². The van der Waals surface area contributed by atoms with Gasteiger partial charge in [0.05, 0.1) is 7.11 Å². The molecule has 1 atom stereocenters. The lowest BCUT2D eigenvalue weighted by Gasteiger charge is -2.30. The second kappa shape index (κ2) is 7.68. The molecule has 0 aliphatic heterocycles. The molecule has 1 aromatic carbocycles. The quantitative estimate of drug-likeness (QED) is 0.726. The SMILES string of the molecule is CCCN(CCC)[C@@H]1CCCc2cc(OC)ccc2C1. The molecule has 0 saturated carbocycles. The maximum absolute atomic E-state index is 5.36. The summed E-state index contributed by atoms with van der Waals surface area (Å²) in [6, 6.07) is 7.36. The zero-order chi connectivity index (χ0) is 14.4. The van der Waals surface area contributed by atoms with E-state index in [9.17, 15) is 0 Å². The van der Waals surface area contributed by atoms with E-state index in [1.165, 1.54) is 62.7 Å². The molecule has 0 saturated heterocycles. The molecule has 0 bridgehead atoms. The van der Waals surface area contributed by atoms with E-state index in [0.717, 1.165) is 11.8 Å². The molecule has 2 rings (SSSR count). The maximum atomic E-state index is 5.36. The Hall–Kier alpha value is -1.02. The lowest BCUT2D eigenvalue weighted by Crippen LogP contribution is -2.37. The first-order chi connectivity index (χ1) is 9.78. The van der Waals surface area contributed by atoms with Crippen LogP contribution in [0.1, 0.15) is 50.7 Å². The zero-order valence-electron chi connectivity index (χ0n) is 13.3. The van der Waals surface area contributed by atoms with Gasteiger partial charge in [0.2, 0.25) is 0 Å². The van der Waals surface area contributed by atoms with Crippen molar-refractivity contribution < 1.29 is 4.74 Å². The van der Waals surface area contributed by atoms with Gasteiger partial charge in [0.15, 0.2) is 0 Å². The van der Waals surface area contributed by atoms with Crippen LogP contribution in [0.3, 0.4) is 0 Å². The van der Waals surface area contributed by atoms with Crippen molar-refractivity contribution >= 4 is 0 Å². The van der Waals surface area contributed by atoms with Gasteiger partial charge in [-0.3, -0.25) is 0 Å². The van der Waals surface area contributed by atoms with Gasteiger partial charge in [-0.05, 0) is 74.9 Å². The number of aryl methyl sites for hydroxylation is 1. The van der Waals surface area contributed by atoms with Crippen molar-refractivity contribution in [3.8, 4) is 5.75 Å². The fourth-order valence-electron chi connectivity index (χ4n) is 3.41. The van der Waals surface area contributed by atoms with Gasteiger partial charge in [-0.15, -0.1) is 0 Å². The third-order valence-corrected chi connectivity index (χ3v) is 4.39. The van der Waals surface area contributed by atoms with Crippen LogP contribution in [0.5, 0.6) is 5.75 Å². The normalized spacial score (nSPS) is 18.7. The molecule has 2 heteroatoms. The summed E-state index contributed by atoms with van der Waals surface area (Å²) in [5.41, 5.74) is 3.03. The number of benzene rings is 1. The molecular formula is C18H29NO. The van der Waals surface area contributed by atoms with Crippen molar-refractivity contribution in [3.63, 3.8) is 0 Å². The van der Waals surface area contributed by atoms with Crippen LogP contribution in [-0.4, -0.2) is 31.1 Å². The topological polar surface area (TPSA) is 12.5 Å². The molecule has 20 heavy (non-hydrogen) atoms. The molecule has 0 unspecified atom stereocenters. The predicted molar refractivity (Wildman–Crippen MR) is 85.6 cm³/mol. The van der Waals surface area contributed by atoms with Gasteiger partial charge < -0.3 is 9.64 Å². The fourth-order valence-corrected chi connectivity index (χ4v) is 3.41. The van der Waals surface area contributed by atoms with Crippen molar-refractivity contribution in [3.05, 3.63) is 29.3 Å². The standard InChI is InChI=1S/C18H29NO/c1-4-11-19(12-5-2)17-8-6-7-15-14-18(20-3)10-9-16(15)13-17/h9-10,14,17H,4-8,11-13H2,1-3H3/t17-/m1/s1. The summed E-state index contributed by atoms with van der Waals surface area (Å²) >= 11 is 0. The summed E-state index contributed by atoms with van der Waals surface area (Å²) in [5.74, 6) is 1.00. The number of rotatable bonds is 6. The minimum atomic E-state index is 0.726. The summed E-state index contributed by atoms with van der Waals surface area (Å²) in [6.45, 7) is 7.06. The smallest absolute Gasteiger partial charge is 0.119 e. The molecule has 0 amide bonds. The van der Waals surface area contributed by atoms with E-state index in [1.54, 1.807) is 7.11 Å². The highest BCUT2D eigenvalue weighted by molar-refractivity contribution is 5.37. The summed E-state index contributed by atoms with van der Waals surface area (Å²) in [4.78, 5) is 2.71. The van der Waals surface area contributed by atoms with E-state index in [-0.39, 0.29) is 0 Å². The van der Waals surface area contributed by atoms with Gasteiger partial charge >= 0.3 is 0 Å². The highest BCUT2D eigenvalue weighted by Crippen LogP contribution is 2.27. The molecular weight excluding hydrogens is 246 g/mol. The van der Waals surface area contributed by atoms with Gasteiger partial charge in [-0.2, -0.15) is 0 Å². The lowest BCUT2D eigenvalue weighted by molar-refractivity contribution is 0.185. The molecule has 1 aliphatic carbocycles. The number of nitrogens with zero attached hydrogens (tertiary/aromatic N) is 1. The minimum Gasteiger partial charge on any atom is -0.497 e. The zero-order valence-corrected chi connectivity index (χ0v) is 13.3. The Morgan fingerprint density at radius 3 is 2.55 bits per heavy atom. The van der Waals surface area contributed by atoms with Crippen molar-refractivity contribution in [1.82, 2.24) is 4.90 Å². The summed E-state index contributed by atoms with van der Waals surface area (Å²) in [5, 5.41) is 0. The number of hydrogen-bond acceptors (Lipinski definition) is 2. The summed E-state index contributed by atoms with van der Waals surface area (Å²) < 4.78 is 5.36. The monoisotopic (exact) mass is 275 g/mol. The van der Waals surface area contributed by atoms with E-state index in [1.807, 2.05) is 0 Å². The van der Waals surface area contributed by atoms with Crippen molar-refractivity contribution in [2.24, 2.45) is 0 Å². The molecule has 1 aromatic rings. The Kier molecular flexibility index (Phi) is 5.90. The fraction of sp³-hybridized carbons (Fsp3) is 0.667. The number of hydrogen-bond donors (Lipinski definition) is 0. The second-order valence-electron chi connectivity index (χ2n) is 5.92. The average Bonchev–Trinajstić information content (AvgIpc) is 2.68. The van der Waals surface area contributed by atoms with Gasteiger partial charge in [-0.25, -0.2) is 0 Å². The van der Waals surface area contributed by atoms with Crippen LogP contribution >= 0.6 is 0 Å². The van der Waals surface area contributed by atoms with E-state index in [4.69, 9.17) is 4.74 Å². The Labute approximate surface area is 124 Å². The number of ether oxygens (including phenoxy) is 1. The van der Waals surface area contributed by atoms with Crippen molar-refractivity contribution in [2.75, 3.05) is 20.2 Å². The Morgan fingerprint density at radius 2 is 1.90 bits per heavy atom. The van der Waals surface area contributed by atoms with Crippen LogP contribution in [0.15, 0.2) is 18.2 Å². The Balaban J connectivity index is 2.14. The molecule has 112 valence electrons. The van der Waals surface area contributed by atoms with Crippen molar-refractivity contribution in [1.29, 1.82) is 0 Å². The Bertz CT molecular complexity index is 410. The Morgan fingerprint density at radius 1 is 1.15 bits per heavy atom. The first kappa shape index (κ1) is 15.4. The van der Waals surface area contributed by atoms with Crippen LogP contribution < -0.4 is 4.74 Å².